The maximum absolute atomic E-state index is 12.3. The molecule has 1 aromatic rings. The predicted molar refractivity (Wildman–Crippen MR) is 67.0 cm³/mol. The Kier molecular flexibility index (Phi) is 4.72. The van der Waals surface area contributed by atoms with Gasteiger partial charge in [0.15, 0.2) is 0 Å². The normalized spacial score (nSPS) is 12.7. The summed E-state index contributed by atoms with van der Waals surface area (Å²) in [6.07, 6.45) is -4.31. The fourth-order valence-corrected chi connectivity index (χ4v) is 1.37. The van der Waals surface area contributed by atoms with Gasteiger partial charge in [0.25, 0.3) is 5.78 Å². The van der Waals surface area contributed by atoms with Crippen molar-refractivity contribution in [2.75, 3.05) is 14.1 Å². The molecule has 1 aromatic carbocycles. The maximum atomic E-state index is 12.3. The third-order valence-corrected chi connectivity index (χ3v) is 2.26. The number of nitrogens with one attached hydrogen (secondary N) is 1. The highest BCUT2D eigenvalue weighted by molar-refractivity contribution is 6.00. The summed E-state index contributed by atoms with van der Waals surface area (Å²) >= 11 is 0. The number of carbonyl (C=O) groups excluding carboxylic acids is 1. The first-order chi connectivity index (χ1) is 8.70. The summed E-state index contributed by atoms with van der Waals surface area (Å²) in [6.45, 7) is 1.87. The Balaban J connectivity index is 3.11. The number of hydrazine groups is 1. The van der Waals surface area contributed by atoms with Crippen LogP contribution in [0.4, 0.5) is 13.2 Å². The lowest BCUT2D eigenvalue weighted by Crippen LogP contribution is -2.30. The van der Waals surface area contributed by atoms with E-state index in [2.05, 4.69) is 5.43 Å². The highest BCUT2D eigenvalue weighted by Crippen LogP contribution is 2.20. The minimum Gasteiger partial charge on any atom is -0.319 e. The fourth-order valence-electron chi connectivity index (χ4n) is 1.37. The lowest BCUT2D eigenvalue weighted by atomic mass is 10.1. The van der Waals surface area contributed by atoms with E-state index >= 15 is 0 Å². The van der Waals surface area contributed by atoms with E-state index in [0.717, 1.165) is 5.56 Å². The molecule has 19 heavy (non-hydrogen) atoms. The van der Waals surface area contributed by atoms with Gasteiger partial charge in [-0.2, -0.15) is 13.2 Å². The number of hydrogen-bond acceptors (Lipinski definition) is 3. The Morgan fingerprint density at radius 2 is 1.74 bits per heavy atom. The molecule has 0 aliphatic rings. The van der Waals surface area contributed by atoms with Gasteiger partial charge in [-0.05, 0) is 12.5 Å². The molecule has 1 N–H and O–H groups in total. The van der Waals surface area contributed by atoms with Crippen LogP contribution in [0.15, 0.2) is 30.3 Å². The van der Waals surface area contributed by atoms with Crippen molar-refractivity contribution in [2.24, 2.45) is 0 Å². The van der Waals surface area contributed by atoms with Crippen LogP contribution in [0.3, 0.4) is 0 Å². The van der Waals surface area contributed by atoms with Crippen LogP contribution in [-0.2, 0) is 4.79 Å². The number of halogens is 3. The Labute approximate surface area is 109 Å². The van der Waals surface area contributed by atoms with Crippen LogP contribution < -0.4 is 5.43 Å². The average Bonchev–Trinajstić information content (AvgIpc) is 2.27. The van der Waals surface area contributed by atoms with E-state index in [1.807, 2.05) is 6.92 Å². The van der Waals surface area contributed by atoms with E-state index in [1.165, 1.54) is 5.01 Å². The Hall–Kier alpha value is -1.82. The zero-order chi connectivity index (χ0) is 14.6. The van der Waals surface area contributed by atoms with Crippen LogP contribution >= 0.6 is 0 Å². The monoisotopic (exact) mass is 272 g/mol. The molecule has 0 atom stereocenters. The van der Waals surface area contributed by atoms with Crippen LogP contribution in [0, 0.1) is 6.92 Å². The van der Waals surface area contributed by atoms with Crippen LogP contribution in [0.25, 0.3) is 5.70 Å². The van der Waals surface area contributed by atoms with Gasteiger partial charge in [-0.1, -0.05) is 29.8 Å². The van der Waals surface area contributed by atoms with E-state index in [9.17, 15) is 18.0 Å². The standard InChI is InChI=1S/C13H15F3N2O/c1-9-4-6-10(7-5-9)11(17-18(2)3)8-12(19)13(14,15)16/h4-8,17H,1-3H3. The molecule has 1 rings (SSSR count). The van der Waals surface area contributed by atoms with Gasteiger partial charge in [0.2, 0.25) is 0 Å². The van der Waals surface area contributed by atoms with Crippen molar-refractivity contribution in [3.05, 3.63) is 41.5 Å². The number of allylic oxidation sites excluding steroid dienone is 1. The first-order valence-corrected chi connectivity index (χ1v) is 5.54. The van der Waals surface area contributed by atoms with E-state index in [4.69, 9.17) is 0 Å². The molecule has 0 spiro atoms. The van der Waals surface area contributed by atoms with Gasteiger partial charge in [-0.25, -0.2) is 5.01 Å². The van der Waals surface area contributed by atoms with Crippen molar-refractivity contribution in [1.29, 1.82) is 0 Å². The predicted octanol–water partition coefficient (Wildman–Crippen LogP) is 2.53. The zero-order valence-electron chi connectivity index (χ0n) is 10.9. The molecule has 0 bridgehead atoms. The van der Waals surface area contributed by atoms with Crippen molar-refractivity contribution in [3.63, 3.8) is 0 Å². The van der Waals surface area contributed by atoms with E-state index in [0.29, 0.717) is 11.6 Å². The number of nitrogens with zero attached hydrogens (tertiary/aromatic N) is 1. The molecule has 0 fully saturated rings. The summed E-state index contributed by atoms with van der Waals surface area (Å²) < 4.78 is 36.9. The van der Waals surface area contributed by atoms with Crippen molar-refractivity contribution in [3.8, 4) is 0 Å². The summed E-state index contributed by atoms with van der Waals surface area (Å²) in [5.41, 5.74) is 4.29. The Morgan fingerprint density at radius 1 is 1.21 bits per heavy atom. The summed E-state index contributed by atoms with van der Waals surface area (Å²) in [6, 6.07) is 6.83. The molecule has 0 saturated carbocycles. The number of alkyl halides is 3. The van der Waals surface area contributed by atoms with E-state index in [1.54, 1.807) is 38.4 Å². The maximum Gasteiger partial charge on any atom is 0.454 e. The molecule has 0 aliphatic carbocycles. The van der Waals surface area contributed by atoms with Crippen LogP contribution in [0.1, 0.15) is 11.1 Å². The highest BCUT2D eigenvalue weighted by atomic mass is 19.4. The molecule has 3 nitrogen and oxygen atoms in total. The van der Waals surface area contributed by atoms with Gasteiger partial charge in [-0.15, -0.1) is 0 Å². The molecule has 0 saturated heterocycles. The molecular formula is C13H15F3N2O. The van der Waals surface area contributed by atoms with Crippen molar-refractivity contribution >= 4 is 11.5 Å². The molecule has 0 radical (unpaired) electrons. The molecule has 0 aromatic heterocycles. The summed E-state index contributed by atoms with van der Waals surface area (Å²) in [5, 5.41) is 1.47. The number of ketones is 1. The smallest absolute Gasteiger partial charge is 0.319 e. The third-order valence-electron chi connectivity index (χ3n) is 2.26. The molecule has 0 heterocycles. The van der Waals surface area contributed by atoms with Crippen LogP contribution in [0.5, 0.6) is 0 Å². The number of rotatable bonds is 4. The van der Waals surface area contributed by atoms with Crippen LogP contribution in [0.2, 0.25) is 0 Å². The second-order valence-corrected chi connectivity index (χ2v) is 4.29. The summed E-state index contributed by atoms with van der Waals surface area (Å²) in [4.78, 5) is 11.0. The first-order valence-electron chi connectivity index (χ1n) is 5.54. The van der Waals surface area contributed by atoms with E-state index in [-0.39, 0.29) is 5.70 Å². The van der Waals surface area contributed by atoms with Gasteiger partial charge in [0.1, 0.15) is 0 Å². The lowest BCUT2D eigenvalue weighted by Gasteiger charge is -2.17. The van der Waals surface area contributed by atoms with Crippen molar-refractivity contribution in [1.82, 2.24) is 10.4 Å². The Morgan fingerprint density at radius 3 is 2.16 bits per heavy atom. The number of benzene rings is 1. The third kappa shape index (κ3) is 4.75. The SMILES string of the molecule is Cc1ccc(C(=CC(=O)C(F)(F)F)NN(C)C)cc1. The van der Waals surface area contributed by atoms with Gasteiger partial charge < -0.3 is 5.43 Å². The van der Waals surface area contributed by atoms with Crippen molar-refractivity contribution < 1.29 is 18.0 Å². The lowest BCUT2D eigenvalue weighted by molar-refractivity contribution is -0.165. The molecule has 104 valence electrons. The van der Waals surface area contributed by atoms with Gasteiger partial charge in [-0.3, -0.25) is 4.79 Å². The van der Waals surface area contributed by atoms with Gasteiger partial charge in [0.05, 0.1) is 5.70 Å². The van der Waals surface area contributed by atoms with Gasteiger partial charge >= 0.3 is 6.18 Å². The fraction of sp³-hybridized carbons (Fsp3) is 0.308. The molecule has 6 heteroatoms. The summed E-state index contributed by atoms with van der Waals surface area (Å²) in [7, 11) is 3.25. The number of hydrogen-bond donors (Lipinski definition) is 1. The van der Waals surface area contributed by atoms with Crippen molar-refractivity contribution in [2.45, 2.75) is 13.1 Å². The number of carbonyl (C=O) groups is 1. The first kappa shape index (κ1) is 15.2. The Bertz CT molecular complexity index is 476. The van der Waals surface area contributed by atoms with Gasteiger partial charge in [0, 0.05) is 20.2 Å². The number of aryl methyl sites for hydroxylation is 1. The highest BCUT2D eigenvalue weighted by Gasteiger charge is 2.36. The zero-order valence-corrected chi connectivity index (χ0v) is 10.9. The molecule has 0 amide bonds. The summed E-state index contributed by atoms with van der Waals surface area (Å²) in [5.74, 6) is -1.89. The molecule has 0 unspecified atom stereocenters. The second-order valence-electron chi connectivity index (χ2n) is 4.29. The largest absolute Gasteiger partial charge is 0.454 e. The molecular weight excluding hydrogens is 257 g/mol. The topological polar surface area (TPSA) is 32.3 Å². The molecule has 0 aliphatic heterocycles. The minimum absolute atomic E-state index is 0.104. The quantitative estimate of drug-likeness (QED) is 0.675. The second kappa shape index (κ2) is 5.88. The van der Waals surface area contributed by atoms with E-state index < -0.39 is 12.0 Å². The minimum atomic E-state index is -4.87. The van der Waals surface area contributed by atoms with Crippen LogP contribution in [-0.4, -0.2) is 31.1 Å². The average molecular weight is 272 g/mol.